The third-order valence-corrected chi connectivity index (χ3v) is 3.66. The molecule has 0 aromatic heterocycles. The lowest BCUT2D eigenvalue weighted by atomic mass is 9.74. The van der Waals surface area contributed by atoms with E-state index in [2.05, 4.69) is 6.07 Å². The number of fused-ring (bicyclic) bond motifs is 1. The summed E-state index contributed by atoms with van der Waals surface area (Å²) in [6.07, 6.45) is -0.0577. The number of rotatable bonds is 3. The maximum atomic E-state index is 12.3. The fourth-order valence-corrected chi connectivity index (χ4v) is 2.45. The van der Waals surface area contributed by atoms with Crippen LogP contribution in [-0.2, 0) is 0 Å². The van der Waals surface area contributed by atoms with Crippen molar-refractivity contribution in [3.63, 3.8) is 0 Å². The Morgan fingerprint density at radius 2 is 2.11 bits per heavy atom. The smallest absolute Gasteiger partial charge is 0.187 e. The van der Waals surface area contributed by atoms with Gasteiger partial charge in [-0.05, 0) is 18.6 Å². The van der Waals surface area contributed by atoms with Crippen LogP contribution < -0.4 is 4.74 Å². The highest BCUT2D eigenvalue weighted by molar-refractivity contribution is 6.03. The molecule has 0 saturated heterocycles. The second-order valence-electron chi connectivity index (χ2n) is 5.47. The van der Waals surface area contributed by atoms with E-state index in [1.165, 1.54) is 0 Å². The molecule has 1 N–H and O–H groups in total. The van der Waals surface area contributed by atoms with Gasteiger partial charge in [-0.15, -0.1) is 0 Å². The van der Waals surface area contributed by atoms with Gasteiger partial charge in [0.1, 0.15) is 17.8 Å². The van der Waals surface area contributed by atoms with Crippen molar-refractivity contribution in [3.05, 3.63) is 29.8 Å². The van der Waals surface area contributed by atoms with Crippen LogP contribution in [0.5, 0.6) is 5.75 Å². The topological polar surface area (TPSA) is 70.3 Å². The van der Waals surface area contributed by atoms with Crippen molar-refractivity contribution in [1.29, 1.82) is 5.26 Å². The van der Waals surface area contributed by atoms with Gasteiger partial charge in [0.2, 0.25) is 0 Å². The van der Waals surface area contributed by atoms with E-state index < -0.39 is 17.4 Å². The van der Waals surface area contributed by atoms with Crippen LogP contribution in [0.2, 0.25) is 0 Å². The molecule has 19 heavy (non-hydrogen) atoms. The lowest BCUT2D eigenvalue weighted by Gasteiger charge is -2.39. The molecule has 2 rings (SSSR count). The summed E-state index contributed by atoms with van der Waals surface area (Å²) in [5.41, 5.74) is 0.0170. The van der Waals surface area contributed by atoms with Gasteiger partial charge in [-0.3, -0.25) is 4.79 Å². The normalized spacial score (nSPS) is 22.3. The highest BCUT2D eigenvalue weighted by Crippen LogP contribution is 2.39. The zero-order valence-electron chi connectivity index (χ0n) is 11.1. The number of aliphatic hydroxyl groups is 1. The van der Waals surface area contributed by atoms with E-state index >= 15 is 0 Å². The number of carbonyl (C=O) groups excluding carboxylic acids is 1. The minimum absolute atomic E-state index is 0.000839. The standard InChI is InChI=1S/C15H17NO3/c1-15(2,7-8-17)14-11(9-16)13(18)10-5-3-4-6-12(10)19-14/h3-6,11,14,17H,7-8H2,1-2H3. The second-order valence-corrected chi connectivity index (χ2v) is 5.47. The Labute approximate surface area is 112 Å². The van der Waals surface area contributed by atoms with Crippen LogP contribution in [0.1, 0.15) is 30.6 Å². The first-order chi connectivity index (χ1) is 9.01. The van der Waals surface area contributed by atoms with Gasteiger partial charge in [0.25, 0.3) is 0 Å². The third kappa shape index (κ3) is 2.34. The van der Waals surface area contributed by atoms with E-state index in [1.54, 1.807) is 24.3 Å². The van der Waals surface area contributed by atoms with Crippen molar-refractivity contribution in [2.75, 3.05) is 6.61 Å². The first kappa shape index (κ1) is 13.6. The van der Waals surface area contributed by atoms with Gasteiger partial charge in [-0.25, -0.2) is 0 Å². The number of benzene rings is 1. The van der Waals surface area contributed by atoms with Gasteiger partial charge in [-0.1, -0.05) is 26.0 Å². The lowest BCUT2D eigenvalue weighted by molar-refractivity contribution is 0.0156. The molecular formula is C15H17NO3. The fourth-order valence-electron chi connectivity index (χ4n) is 2.45. The first-order valence-corrected chi connectivity index (χ1v) is 6.31. The molecule has 1 aromatic rings. The van der Waals surface area contributed by atoms with E-state index in [0.29, 0.717) is 17.7 Å². The number of aliphatic hydroxyl groups excluding tert-OH is 1. The van der Waals surface area contributed by atoms with Crippen LogP contribution in [0, 0.1) is 22.7 Å². The number of ketones is 1. The monoisotopic (exact) mass is 259 g/mol. The molecule has 0 amide bonds. The average molecular weight is 259 g/mol. The Balaban J connectivity index is 2.43. The molecule has 2 unspecified atom stereocenters. The van der Waals surface area contributed by atoms with E-state index in [9.17, 15) is 10.1 Å². The van der Waals surface area contributed by atoms with Gasteiger partial charge in [-0.2, -0.15) is 5.26 Å². The lowest BCUT2D eigenvalue weighted by Crippen LogP contribution is -2.46. The Morgan fingerprint density at radius 3 is 2.74 bits per heavy atom. The van der Waals surface area contributed by atoms with Crippen molar-refractivity contribution in [3.8, 4) is 11.8 Å². The molecule has 0 bridgehead atoms. The van der Waals surface area contributed by atoms with E-state index in [-0.39, 0.29) is 12.4 Å². The molecule has 1 aliphatic heterocycles. The largest absolute Gasteiger partial charge is 0.487 e. The van der Waals surface area contributed by atoms with Gasteiger partial charge in [0, 0.05) is 12.0 Å². The summed E-state index contributed by atoms with van der Waals surface area (Å²) in [5.74, 6) is -0.494. The van der Waals surface area contributed by atoms with Crippen LogP contribution in [0.3, 0.4) is 0 Å². The highest BCUT2D eigenvalue weighted by atomic mass is 16.5. The van der Waals surface area contributed by atoms with Gasteiger partial charge < -0.3 is 9.84 Å². The SMILES string of the molecule is CC(C)(CCO)C1Oc2ccccc2C(=O)C1C#N. The summed E-state index contributed by atoms with van der Waals surface area (Å²) in [7, 11) is 0. The van der Waals surface area contributed by atoms with E-state index in [4.69, 9.17) is 9.84 Å². The predicted molar refractivity (Wildman–Crippen MR) is 69.8 cm³/mol. The first-order valence-electron chi connectivity index (χ1n) is 6.31. The number of hydrogen-bond donors (Lipinski definition) is 1. The van der Waals surface area contributed by atoms with Crippen LogP contribution in [0.4, 0.5) is 0 Å². The number of hydrogen-bond acceptors (Lipinski definition) is 4. The number of Topliss-reactive ketones (excluding diaryl/α,β-unsaturated/α-hetero) is 1. The molecule has 4 heteroatoms. The number of para-hydroxylation sites is 1. The zero-order valence-corrected chi connectivity index (χ0v) is 11.1. The van der Waals surface area contributed by atoms with Crippen LogP contribution in [0.15, 0.2) is 24.3 Å². The molecule has 0 aliphatic carbocycles. The Kier molecular flexibility index (Phi) is 3.59. The molecule has 1 heterocycles. The molecule has 0 saturated carbocycles. The van der Waals surface area contributed by atoms with Crippen LogP contribution in [0.25, 0.3) is 0 Å². The number of nitriles is 1. The molecule has 1 aliphatic rings. The van der Waals surface area contributed by atoms with Gasteiger partial charge in [0.15, 0.2) is 5.78 Å². The Hall–Kier alpha value is -1.86. The summed E-state index contributed by atoms with van der Waals surface area (Å²) < 4.78 is 5.87. The molecule has 4 nitrogen and oxygen atoms in total. The Morgan fingerprint density at radius 1 is 1.42 bits per heavy atom. The number of ether oxygens (including phenoxy) is 1. The van der Waals surface area contributed by atoms with Crippen molar-refractivity contribution < 1.29 is 14.6 Å². The van der Waals surface area contributed by atoms with E-state index in [0.717, 1.165) is 0 Å². The second kappa shape index (κ2) is 5.02. The van der Waals surface area contributed by atoms with Crippen LogP contribution in [-0.4, -0.2) is 23.6 Å². The van der Waals surface area contributed by atoms with Crippen molar-refractivity contribution in [2.24, 2.45) is 11.3 Å². The third-order valence-electron chi connectivity index (χ3n) is 3.66. The van der Waals surface area contributed by atoms with E-state index in [1.807, 2.05) is 13.8 Å². The predicted octanol–water partition coefficient (Wildman–Crippen LogP) is 2.18. The molecule has 0 radical (unpaired) electrons. The number of carbonyl (C=O) groups is 1. The molecule has 0 spiro atoms. The summed E-state index contributed by atoms with van der Waals surface area (Å²) in [6, 6.07) is 9.03. The van der Waals surface area contributed by atoms with Gasteiger partial charge >= 0.3 is 0 Å². The highest BCUT2D eigenvalue weighted by Gasteiger charge is 2.45. The van der Waals surface area contributed by atoms with Gasteiger partial charge in [0.05, 0.1) is 11.6 Å². The summed E-state index contributed by atoms with van der Waals surface area (Å²) in [6.45, 7) is 3.81. The number of nitrogens with zero attached hydrogens (tertiary/aromatic N) is 1. The van der Waals surface area contributed by atoms with Crippen LogP contribution >= 0.6 is 0 Å². The summed E-state index contributed by atoms with van der Waals surface area (Å²) in [5, 5.41) is 18.4. The molecule has 1 aromatic carbocycles. The summed E-state index contributed by atoms with van der Waals surface area (Å²) in [4.78, 5) is 12.3. The van der Waals surface area contributed by atoms with Crippen molar-refractivity contribution >= 4 is 5.78 Å². The quantitative estimate of drug-likeness (QED) is 0.903. The zero-order chi connectivity index (χ0) is 14.0. The maximum Gasteiger partial charge on any atom is 0.187 e. The minimum Gasteiger partial charge on any atom is -0.487 e. The molecule has 2 atom stereocenters. The van der Waals surface area contributed by atoms with Crippen molar-refractivity contribution in [2.45, 2.75) is 26.4 Å². The average Bonchev–Trinajstić information content (AvgIpc) is 2.38. The van der Waals surface area contributed by atoms with Crippen molar-refractivity contribution in [1.82, 2.24) is 0 Å². The molecule has 0 fully saturated rings. The molecule has 100 valence electrons. The minimum atomic E-state index is -0.823. The molecular weight excluding hydrogens is 242 g/mol. The fraction of sp³-hybridized carbons (Fsp3) is 0.467. The maximum absolute atomic E-state index is 12.3. The Bertz CT molecular complexity index is 530. The summed E-state index contributed by atoms with van der Waals surface area (Å²) >= 11 is 0.